The standard InChI is InChI=1S/C9H9F3N4O3/c1-2-8(9(10,11)12)4-15(7(8)17)6-5(16(18)19)3-13-14-6/h3H,2,4H2,1H3,(H,13,14). The lowest BCUT2D eigenvalue weighted by Crippen LogP contribution is -2.68. The maximum absolute atomic E-state index is 12.9. The number of aromatic amines is 1. The molecule has 0 spiro atoms. The number of halogens is 3. The van der Waals surface area contributed by atoms with E-state index in [0.717, 1.165) is 6.20 Å². The van der Waals surface area contributed by atoms with Crippen LogP contribution >= 0.6 is 0 Å². The summed E-state index contributed by atoms with van der Waals surface area (Å²) in [4.78, 5) is 22.3. The lowest BCUT2D eigenvalue weighted by atomic mass is 9.75. The molecule has 0 aliphatic carbocycles. The van der Waals surface area contributed by atoms with E-state index in [4.69, 9.17) is 0 Å². The fourth-order valence-electron chi connectivity index (χ4n) is 2.04. The highest BCUT2D eigenvalue weighted by Gasteiger charge is 2.68. The highest BCUT2D eigenvalue weighted by molar-refractivity contribution is 6.05. The molecule has 1 aliphatic rings. The Labute approximate surface area is 104 Å². The minimum absolute atomic E-state index is 0.316. The molecule has 1 atom stereocenters. The van der Waals surface area contributed by atoms with Crippen molar-refractivity contribution in [2.45, 2.75) is 19.5 Å². The molecule has 0 aromatic carbocycles. The van der Waals surface area contributed by atoms with Crippen LogP contribution in [0.15, 0.2) is 6.20 Å². The number of carbonyl (C=O) groups excluding carboxylic acids is 1. The van der Waals surface area contributed by atoms with Gasteiger partial charge in [-0.1, -0.05) is 6.92 Å². The summed E-state index contributed by atoms with van der Waals surface area (Å²) in [7, 11) is 0. The van der Waals surface area contributed by atoms with Crippen molar-refractivity contribution >= 4 is 17.4 Å². The number of nitrogens with zero attached hydrogens (tertiary/aromatic N) is 3. The number of hydrogen-bond acceptors (Lipinski definition) is 4. The highest BCUT2D eigenvalue weighted by atomic mass is 19.4. The van der Waals surface area contributed by atoms with Crippen LogP contribution < -0.4 is 4.90 Å². The van der Waals surface area contributed by atoms with Crippen LogP contribution in [-0.4, -0.2) is 33.7 Å². The van der Waals surface area contributed by atoms with Gasteiger partial charge in [-0.2, -0.15) is 18.3 Å². The molecular weight excluding hydrogens is 269 g/mol. The van der Waals surface area contributed by atoms with Crippen molar-refractivity contribution < 1.29 is 22.9 Å². The van der Waals surface area contributed by atoms with E-state index >= 15 is 0 Å². The molecule has 1 aliphatic heterocycles. The Kier molecular flexibility index (Phi) is 2.75. The van der Waals surface area contributed by atoms with Crippen molar-refractivity contribution in [1.29, 1.82) is 0 Å². The predicted octanol–water partition coefficient (Wildman–Crippen LogP) is 1.62. The average Bonchev–Trinajstić information content (AvgIpc) is 2.75. The summed E-state index contributed by atoms with van der Waals surface area (Å²) in [6, 6.07) is 0. The van der Waals surface area contributed by atoms with Crippen LogP contribution in [0.5, 0.6) is 0 Å². The molecule has 1 N–H and O–H groups in total. The van der Waals surface area contributed by atoms with E-state index in [-0.39, 0.29) is 5.82 Å². The number of anilines is 1. The predicted molar refractivity (Wildman–Crippen MR) is 56.4 cm³/mol. The van der Waals surface area contributed by atoms with Crippen LogP contribution in [-0.2, 0) is 4.79 Å². The zero-order valence-electron chi connectivity index (χ0n) is 9.69. The first-order chi connectivity index (χ1) is 8.74. The number of amides is 1. The molecule has 0 bridgehead atoms. The van der Waals surface area contributed by atoms with E-state index in [9.17, 15) is 28.1 Å². The van der Waals surface area contributed by atoms with Crippen molar-refractivity contribution in [3.8, 4) is 0 Å². The Balaban J connectivity index is 2.32. The molecule has 1 unspecified atom stereocenters. The first-order valence-electron chi connectivity index (χ1n) is 5.31. The maximum atomic E-state index is 12.9. The summed E-state index contributed by atoms with van der Waals surface area (Å²) in [5, 5.41) is 16.2. The van der Waals surface area contributed by atoms with Gasteiger partial charge in [-0.15, -0.1) is 0 Å². The molecule has 2 heterocycles. The average molecular weight is 278 g/mol. The summed E-state index contributed by atoms with van der Waals surface area (Å²) in [5.41, 5.74) is -2.98. The van der Waals surface area contributed by atoms with E-state index in [1.54, 1.807) is 0 Å². The zero-order valence-corrected chi connectivity index (χ0v) is 9.69. The number of H-pyrrole nitrogens is 1. The zero-order chi connectivity index (χ0) is 14.4. The number of aromatic nitrogens is 2. The van der Waals surface area contributed by atoms with Crippen LogP contribution in [0.4, 0.5) is 24.7 Å². The third-order valence-corrected chi connectivity index (χ3v) is 3.30. The van der Waals surface area contributed by atoms with Crippen molar-refractivity contribution in [3.63, 3.8) is 0 Å². The third-order valence-electron chi connectivity index (χ3n) is 3.30. The molecule has 7 nitrogen and oxygen atoms in total. The lowest BCUT2D eigenvalue weighted by molar-refractivity contribution is -0.384. The van der Waals surface area contributed by atoms with E-state index in [2.05, 4.69) is 10.2 Å². The number of rotatable bonds is 3. The molecule has 19 heavy (non-hydrogen) atoms. The Hall–Kier alpha value is -2.13. The van der Waals surface area contributed by atoms with E-state index in [1.165, 1.54) is 6.92 Å². The molecule has 2 rings (SSSR count). The van der Waals surface area contributed by atoms with Crippen molar-refractivity contribution in [1.82, 2.24) is 10.2 Å². The molecule has 1 aromatic rings. The molecule has 0 radical (unpaired) electrons. The number of alkyl halides is 3. The molecule has 1 aromatic heterocycles. The number of β-lactam (4-membered cyclic amide) rings is 1. The molecule has 1 saturated heterocycles. The van der Waals surface area contributed by atoms with Gasteiger partial charge in [0.1, 0.15) is 6.20 Å². The normalized spacial score (nSPS) is 23.4. The fraction of sp³-hybridized carbons (Fsp3) is 0.556. The van der Waals surface area contributed by atoms with Gasteiger partial charge in [0.15, 0.2) is 5.41 Å². The Morgan fingerprint density at radius 2 is 2.26 bits per heavy atom. The molecule has 1 fully saturated rings. The Bertz CT molecular complexity index is 541. The Morgan fingerprint density at radius 3 is 2.68 bits per heavy atom. The van der Waals surface area contributed by atoms with Gasteiger partial charge in [0.2, 0.25) is 11.7 Å². The molecule has 104 valence electrons. The van der Waals surface area contributed by atoms with Crippen LogP contribution in [0.3, 0.4) is 0 Å². The van der Waals surface area contributed by atoms with Gasteiger partial charge in [0, 0.05) is 0 Å². The van der Waals surface area contributed by atoms with E-state index < -0.39 is 41.1 Å². The number of carbonyl (C=O) groups is 1. The van der Waals surface area contributed by atoms with Crippen molar-refractivity contribution in [2.75, 3.05) is 11.4 Å². The minimum atomic E-state index is -4.68. The molecule has 1 amide bonds. The van der Waals surface area contributed by atoms with Gasteiger partial charge in [-0.25, -0.2) is 0 Å². The molecule has 10 heteroatoms. The van der Waals surface area contributed by atoms with Crippen LogP contribution in [0.2, 0.25) is 0 Å². The molecular formula is C9H9F3N4O3. The second-order valence-corrected chi connectivity index (χ2v) is 4.19. The third kappa shape index (κ3) is 1.66. The quantitative estimate of drug-likeness (QED) is 0.516. The van der Waals surface area contributed by atoms with Crippen LogP contribution in [0.25, 0.3) is 0 Å². The highest BCUT2D eigenvalue weighted by Crippen LogP contribution is 2.51. The first-order valence-corrected chi connectivity index (χ1v) is 5.31. The number of hydrogen-bond donors (Lipinski definition) is 1. The first kappa shape index (κ1) is 13.3. The Morgan fingerprint density at radius 1 is 1.63 bits per heavy atom. The largest absolute Gasteiger partial charge is 0.404 e. The summed E-state index contributed by atoms with van der Waals surface area (Å²) in [5.74, 6) is -1.52. The summed E-state index contributed by atoms with van der Waals surface area (Å²) in [6.07, 6.45) is -4.24. The van der Waals surface area contributed by atoms with E-state index in [0.29, 0.717) is 4.90 Å². The number of nitrogens with one attached hydrogen (secondary N) is 1. The van der Waals surface area contributed by atoms with Crippen molar-refractivity contribution in [3.05, 3.63) is 16.3 Å². The summed E-state index contributed by atoms with van der Waals surface area (Å²) < 4.78 is 38.6. The van der Waals surface area contributed by atoms with Gasteiger partial charge < -0.3 is 0 Å². The summed E-state index contributed by atoms with van der Waals surface area (Å²) in [6.45, 7) is 0.610. The molecule has 0 saturated carbocycles. The van der Waals surface area contributed by atoms with Gasteiger partial charge in [0.25, 0.3) is 0 Å². The van der Waals surface area contributed by atoms with Gasteiger partial charge in [-0.3, -0.25) is 24.9 Å². The monoisotopic (exact) mass is 278 g/mol. The smallest absolute Gasteiger partial charge is 0.289 e. The van der Waals surface area contributed by atoms with E-state index in [1.807, 2.05) is 0 Å². The number of nitro groups is 1. The van der Waals surface area contributed by atoms with Crippen LogP contribution in [0, 0.1) is 15.5 Å². The van der Waals surface area contributed by atoms with Gasteiger partial charge in [0.05, 0.1) is 11.5 Å². The van der Waals surface area contributed by atoms with Gasteiger partial charge >= 0.3 is 11.9 Å². The second kappa shape index (κ2) is 3.93. The maximum Gasteiger partial charge on any atom is 0.404 e. The second-order valence-electron chi connectivity index (χ2n) is 4.19. The van der Waals surface area contributed by atoms with Gasteiger partial charge in [-0.05, 0) is 6.42 Å². The van der Waals surface area contributed by atoms with Crippen molar-refractivity contribution in [2.24, 2.45) is 5.41 Å². The minimum Gasteiger partial charge on any atom is -0.289 e. The lowest BCUT2D eigenvalue weighted by Gasteiger charge is -2.47. The fourth-order valence-corrected chi connectivity index (χ4v) is 2.04. The summed E-state index contributed by atoms with van der Waals surface area (Å²) >= 11 is 0. The topological polar surface area (TPSA) is 92.1 Å². The SMILES string of the molecule is CCC1(C(F)(F)F)CN(c2[nH]ncc2[N+](=O)[O-])C1=O. The van der Waals surface area contributed by atoms with Crippen LogP contribution in [0.1, 0.15) is 13.3 Å².